The molecule has 0 N–H and O–H groups in total. The van der Waals surface area contributed by atoms with E-state index < -0.39 is 23.1 Å². The number of fused-ring (bicyclic) bond motifs is 1. The Morgan fingerprint density at radius 3 is 2.39 bits per heavy atom. The molecule has 2 aliphatic carbocycles. The van der Waals surface area contributed by atoms with Crippen molar-refractivity contribution in [3.8, 4) is 5.69 Å². The summed E-state index contributed by atoms with van der Waals surface area (Å²) in [5.41, 5.74) is -1.06. The lowest BCUT2D eigenvalue weighted by atomic mass is 9.56. The molecule has 2 saturated carbocycles. The van der Waals surface area contributed by atoms with Gasteiger partial charge >= 0.3 is 11.9 Å². The maximum absolute atomic E-state index is 14.3. The average molecular weight is 569 g/mol. The van der Waals surface area contributed by atoms with Gasteiger partial charge in [0.2, 0.25) is 0 Å². The topological polar surface area (TPSA) is 60.4 Å². The molecule has 4 aromatic rings. The largest absolute Gasteiger partial charge is 0.418 e. The number of rotatable bonds is 5. The van der Waals surface area contributed by atoms with Gasteiger partial charge in [-0.1, -0.05) is 12.1 Å². The van der Waals surface area contributed by atoms with Crippen LogP contribution in [0, 0.1) is 5.41 Å². The number of benzene rings is 1. The molecule has 7 rings (SSSR count). The number of piperidine rings is 1. The van der Waals surface area contributed by atoms with E-state index in [1.54, 1.807) is 19.3 Å². The molecule has 1 saturated heterocycles. The smallest absolute Gasteiger partial charge is 0.320 e. The van der Waals surface area contributed by atoms with Crippen molar-refractivity contribution in [2.24, 2.45) is 12.5 Å². The van der Waals surface area contributed by atoms with Gasteiger partial charge in [-0.3, -0.25) is 13.9 Å². The van der Waals surface area contributed by atoms with Crippen molar-refractivity contribution in [3.05, 3.63) is 82.1 Å². The van der Waals surface area contributed by atoms with Gasteiger partial charge in [-0.2, -0.15) is 13.2 Å². The quantitative estimate of drug-likeness (QED) is 0.302. The summed E-state index contributed by atoms with van der Waals surface area (Å²) >= 11 is 0. The zero-order valence-corrected chi connectivity index (χ0v) is 23.1. The molecule has 216 valence electrons. The van der Waals surface area contributed by atoms with Gasteiger partial charge in [0.1, 0.15) is 17.8 Å². The predicted molar refractivity (Wildman–Crippen MR) is 145 cm³/mol. The number of nitrogens with zero attached hydrogens (tertiary/aromatic N) is 6. The van der Waals surface area contributed by atoms with Crippen LogP contribution in [0.2, 0.25) is 0 Å². The summed E-state index contributed by atoms with van der Waals surface area (Å²) in [6, 6.07) is 8.62. The van der Waals surface area contributed by atoms with Gasteiger partial charge in [0.25, 0.3) is 0 Å². The Labute approximate surface area is 234 Å². The van der Waals surface area contributed by atoms with E-state index in [1.165, 1.54) is 29.8 Å². The molecule has 3 fully saturated rings. The van der Waals surface area contributed by atoms with Crippen molar-refractivity contribution in [2.45, 2.75) is 69.3 Å². The summed E-state index contributed by atoms with van der Waals surface area (Å²) in [5.74, 6) is 0.858. The fourth-order valence-corrected chi connectivity index (χ4v) is 7.10. The minimum absolute atomic E-state index is 0.199. The van der Waals surface area contributed by atoms with Crippen LogP contribution in [0.4, 0.5) is 17.6 Å². The number of aryl methyl sites for hydroxylation is 1. The Morgan fingerprint density at radius 1 is 1.02 bits per heavy atom. The Hall–Kier alpha value is -3.47. The molecule has 3 aliphatic rings. The molecule has 3 aromatic heterocycles. The fourth-order valence-electron chi connectivity index (χ4n) is 7.10. The van der Waals surface area contributed by atoms with E-state index in [1.807, 2.05) is 34.7 Å². The van der Waals surface area contributed by atoms with Crippen LogP contribution >= 0.6 is 0 Å². The van der Waals surface area contributed by atoms with Gasteiger partial charge in [-0.05, 0) is 80.2 Å². The summed E-state index contributed by atoms with van der Waals surface area (Å²) in [4.78, 5) is 15.6. The van der Waals surface area contributed by atoms with Crippen LogP contribution in [0.25, 0.3) is 11.2 Å². The zero-order valence-electron chi connectivity index (χ0n) is 23.1. The van der Waals surface area contributed by atoms with E-state index in [-0.39, 0.29) is 17.5 Å². The van der Waals surface area contributed by atoms with E-state index in [4.69, 9.17) is 0 Å². The van der Waals surface area contributed by atoms with Gasteiger partial charge in [0.05, 0.1) is 22.2 Å². The number of pyridine rings is 1. The van der Waals surface area contributed by atoms with Crippen molar-refractivity contribution in [2.75, 3.05) is 13.1 Å². The van der Waals surface area contributed by atoms with E-state index in [2.05, 4.69) is 10.2 Å². The molecule has 0 radical (unpaired) electrons. The van der Waals surface area contributed by atoms with E-state index in [9.17, 15) is 22.4 Å². The first-order valence-electron chi connectivity index (χ1n) is 14.1. The highest BCUT2D eigenvalue weighted by atomic mass is 19.4. The maximum Gasteiger partial charge on any atom is 0.418 e. The van der Waals surface area contributed by atoms with Crippen molar-refractivity contribution < 1.29 is 17.6 Å². The second kappa shape index (κ2) is 8.77. The highest BCUT2D eigenvalue weighted by Crippen LogP contribution is 2.70. The number of aromatic nitrogens is 5. The molecule has 0 bridgehead atoms. The van der Waals surface area contributed by atoms with E-state index in [0.717, 1.165) is 34.7 Å². The number of halogens is 4. The minimum Gasteiger partial charge on any atom is -0.320 e. The number of alkyl halides is 4. The third-order valence-corrected chi connectivity index (χ3v) is 9.56. The lowest BCUT2D eigenvalue weighted by molar-refractivity contribution is -0.136. The molecule has 41 heavy (non-hydrogen) atoms. The summed E-state index contributed by atoms with van der Waals surface area (Å²) in [6.07, 6.45) is 4.68. The Balaban J connectivity index is 1.29. The van der Waals surface area contributed by atoms with Gasteiger partial charge in [-0.15, -0.1) is 10.2 Å². The van der Waals surface area contributed by atoms with Crippen molar-refractivity contribution in [1.82, 2.24) is 28.6 Å². The highest BCUT2D eigenvalue weighted by Gasteiger charge is 2.63. The SMILES string of the molecule is Cn1cnnc1C1(c2cccc(-n3cc4c(C(F)(F)F)cc(CN5CCC(C)(F)CC5)cn4c3=O)c2)CC2(CC2)C1. The van der Waals surface area contributed by atoms with Crippen LogP contribution in [0.15, 0.2) is 53.8 Å². The van der Waals surface area contributed by atoms with E-state index >= 15 is 0 Å². The van der Waals surface area contributed by atoms with Gasteiger partial charge in [0, 0.05) is 39.1 Å². The van der Waals surface area contributed by atoms with Crippen LogP contribution in [-0.4, -0.2) is 47.4 Å². The van der Waals surface area contributed by atoms with Crippen molar-refractivity contribution in [3.63, 3.8) is 0 Å². The summed E-state index contributed by atoms with van der Waals surface area (Å²) in [5, 5.41) is 8.53. The monoisotopic (exact) mass is 568 g/mol. The normalized spacial score (nSPS) is 21.3. The second-order valence-electron chi connectivity index (χ2n) is 12.7. The summed E-state index contributed by atoms with van der Waals surface area (Å²) < 4.78 is 61.4. The van der Waals surface area contributed by atoms with Crippen LogP contribution in [0.1, 0.15) is 68.0 Å². The number of hydrogen-bond acceptors (Lipinski definition) is 4. The molecule has 0 unspecified atom stereocenters. The van der Waals surface area contributed by atoms with Crippen LogP contribution < -0.4 is 5.69 Å². The zero-order chi connectivity index (χ0) is 28.8. The maximum atomic E-state index is 14.3. The number of hydrogen-bond donors (Lipinski definition) is 0. The predicted octanol–water partition coefficient (Wildman–Crippen LogP) is 5.42. The van der Waals surface area contributed by atoms with Gasteiger partial charge in [-0.25, -0.2) is 9.18 Å². The summed E-state index contributed by atoms with van der Waals surface area (Å²) in [6.45, 7) is 2.66. The third kappa shape index (κ3) is 4.40. The van der Waals surface area contributed by atoms with Crippen molar-refractivity contribution >= 4 is 5.52 Å². The molecular formula is C30H32F4N6O. The first-order valence-corrected chi connectivity index (χ1v) is 14.1. The molecule has 1 aromatic carbocycles. The summed E-state index contributed by atoms with van der Waals surface area (Å²) in [7, 11) is 1.92. The Bertz CT molecular complexity index is 1690. The molecule has 0 amide bonds. The molecular weight excluding hydrogens is 536 g/mol. The van der Waals surface area contributed by atoms with Crippen molar-refractivity contribution in [1.29, 1.82) is 0 Å². The fraction of sp³-hybridized carbons (Fsp3) is 0.500. The van der Waals surface area contributed by atoms with Crippen LogP contribution in [0.5, 0.6) is 0 Å². The number of likely N-dealkylation sites (tertiary alicyclic amines) is 1. The van der Waals surface area contributed by atoms with Gasteiger partial charge in [0.15, 0.2) is 0 Å². The van der Waals surface area contributed by atoms with Crippen LogP contribution in [-0.2, 0) is 25.2 Å². The Morgan fingerprint density at radius 2 is 1.76 bits per heavy atom. The number of imidazole rings is 1. The lowest BCUT2D eigenvalue weighted by Crippen LogP contribution is -2.45. The minimum atomic E-state index is -4.65. The molecule has 7 nitrogen and oxygen atoms in total. The average Bonchev–Trinajstić information content (AvgIpc) is 3.47. The van der Waals surface area contributed by atoms with Crippen LogP contribution in [0.3, 0.4) is 0 Å². The first kappa shape index (κ1) is 26.4. The third-order valence-electron chi connectivity index (χ3n) is 9.56. The molecule has 0 atom stereocenters. The van der Waals surface area contributed by atoms with E-state index in [0.29, 0.717) is 42.6 Å². The standard InChI is InChI=1S/C30H32F4N6O/c1-27(31)8-10-38(11-9-27)14-20-12-23(30(32,33)34)24-16-39(26(41)40(24)15-20)22-5-3-4-21(13-22)29(17-28(18-29)6-7-28)25-36-35-19-37(25)2/h3-5,12-13,15-16,19H,6-11,14,17-18H2,1-2H3. The molecule has 4 heterocycles. The first-order chi connectivity index (χ1) is 19.4. The highest BCUT2D eigenvalue weighted by molar-refractivity contribution is 5.58. The second-order valence-corrected chi connectivity index (χ2v) is 12.7. The molecule has 1 aliphatic heterocycles. The van der Waals surface area contributed by atoms with Gasteiger partial charge < -0.3 is 4.57 Å². The molecule has 1 spiro atoms. The molecule has 11 heteroatoms. The lowest BCUT2D eigenvalue weighted by Gasteiger charge is -2.48. The Kier molecular flexibility index (Phi) is 5.65.